The van der Waals surface area contributed by atoms with Crippen LogP contribution in [0.3, 0.4) is 0 Å². The van der Waals surface area contributed by atoms with Crippen LogP contribution in [0.2, 0.25) is 0 Å². The number of halogens is 1. The Labute approximate surface area is 113 Å². The number of nitrogens with zero attached hydrogens (tertiary/aromatic N) is 1. The molecule has 1 N–H and O–H groups in total. The van der Waals surface area contributed by atoms with Crippen LogP contribution in [0, 0.1) is 5.82 Å². The molecule has 0 spiro atoms. The molecule has 0 heterocycles. The molecular weight excluding hydrogens is 249 g/mol. The van der Waals surface area contributed by atoms with Gasteiger partial charge in [0.05, 0.1) is 6.10 Å². The smallest absolute Gasteiger partial charge is 0.129 e. The molecule has 0 saturated carbocycles. The highest BCUT2D eigenvalue weighted by molar-refractivity contribution is 7.98. The monoisotopic (exact) mass is 271 g/mol. The minimum atomic E-state index is -0.771. The highest BCUT2D eigenvalue weighted by atomic mass is 32.2. The van der Waals surface area contributed by atoms with E-state index in [4.69, 9.17) is 0 Å². The molecule has 2 nitrogen and oxygen atoms in total. The summed E-state index contributed by atoms with van der Waals surface area (Å²) in [5.41, 5.74) is 0.378. The first-order valence-corrected chi connectivity index (χ1v) is 7.61. The number of hydrogen-bond donors (Lipinski definition) is 1. The lowest BCUT2D eigenvalue weighted by Crippen LogP contribution is -2.36. The predicted octanol–water partition coefficient (Wildman–Crippen LogP) is 2.93. The number of hydrogen-bond acceptors (Lipinski definition) is 3. The largest absolute Gasteiger partial charge is 0.387 e. The van der Waals surface area contributed by atoms with Gasteiger partial charge in [-0.1, -0.05) is 25.1 Å². The number of aliphatic hydroxyl groups is 1. The number of thioether (sulfide) groups is 1. The predicted molar refractivity (Wildman–Crippen MR) is 76.5 cm³/mol. The SMILES string of the molecule is CCC(CSC)N(C)CC(O)c1ccccc1F. The van der Waals surface area contributed by atoms with Gasteiger partial charge in [-0.15, -0.1) is 0 Å². The van der Waals surface area contributed by atoms with Crippen LogP contribution in [-0.4, -0.2) is 41.6 Å². The summed E-state index contributed by atoms with van der Waals surface area (Å²) in [6.07, 6.45) is 2.33. The van der Waals surface area contributed by atoms with Crippen molar-refractivity contribution in [1.29, 1.82) is 0 Å². The van der Waals surface area contributed by atoms with E-state index in [1.807, 2.05) is 7.05 Å². The molecule has 2 unspecified atom stereocenters. The molecule has 0 aliphatic carbocycles. The number of aliphatic hydroxyl groups excluding tert-OH is 1. The van der Waals surface area contributed by atoms with E-state index >= 15 is 0 Å². The normalized spacial score (nSPS) is 14.8. The lowest BCUT2D eigenvalue weighted by atomic mass is 10.1. The van der Waals surface area contributed by atoms with Gasteiger partial charge in [0.2, 0.25) is 0 Å². The molecule has 0 aliphatic rings. The molecule has 0 fully saturated rings. The van der Waals surface area contributed by atoms with Gasteiger partial charge in [0, 0.05) is 23.9 Å². The van der Waals surface area contributed by atoms with Crippen molar-refractivity contribution in [1.82, 2.24) is 4.90 Å². The second kappa shape index (κ2) is 7.77. The van der Waals surface area contributed by atoms with Gasteiger partial charge in [-0.25, -0.2) is 4.39 Å². The zero-order valence-electron chi connectivity index (χ0n) is 11.3. The van der Waals surface area contributed by atoms with Gasteiger partial charge in [-0.3, -0.25) is 4.90 Å². The van der Waals surface area contributed by atoms with Crippen molar-refractivity contribution in [2.24, 2.45) is 0 Å². The maximum atomic E-state index is 13.5. The molecule has 102 valence electrons. The second-order valence-electron chi connectivity index (χ2n) is 4.49. The third-order valence-electron chi connectivity index (χ3n) is 3.18. The summed E-state index contributed by atoms with van der Waals surface area (Å²) in [7, 11) is 1.98. The summed E-state index contributed by atoms with van der Waals surface area (Å²) in [5.74, 6) is 0.688. The van der Waals surface area contributed by atoms with Gasteiger partial charge in [-0.2, -0.15) is 11.8 Å². The Kier molecular flexibility index (Phi) is 6.68. The standard InChI is InChI=1S/C14H22FNOS/c1-4-11(10-18-3)16(2)9-14(17)12-7-5-6-8-13(12)15/h5-8,11,14,17H,4,9-10H2,1-3H3. The Morgan fingerprint density at radius 3 is 2.61 bits per heavy atom. The van der Waals surface area contributed by atoms with Crippen LogP contribution in [0.15, 0.2) is 24.3 Å². The van der Waals surface area contributed by atoms with Crippen LogP contribution in [0.4, 0.5) is 4.39 Å². The highest BCUT2D eigenvalue weighted by Crippen LogP contribution is 2.19. The van der Waals surface area contributed by atoms with Crippen molar-refractivity contribution < 1.29 is 9.50 Å². The van der Waals surface area contributed by atoms with E-state index in [-0.39, 0.29) is 5.82 Å². The fourth-order valence-corrected chi connectivity index (χ4v) is 2.89. The number of rotatable bonds is 7. The van der Waals surface area contributed by atoms with E-state index in [0.717, 1.165) is 12.2 Å². The van der Waals surface area contributed by atoms with Crippen LogP contribution in [0.1, 0.15) is 25.0 Å². The number of likely N-dealkylation sites (N-methyl/N-ethyl adjacent to an activating group) is 1. The van der Waals surface area contributed by atoms with Crippen LogP contribution in [0.25, 0.3) is 0 Å². The van der Waals surface area contributed by atoms with Gasteiger partial charge in [0.15, 0.2) is 0 Å². The summed E-state index contributed by atoms with van der Waals surface area (Å²) in [4.78, 5) is 2.10. The molecule has 18 heavy (non-hydrogen) atoms. The van der Waals surface area contributed by atoms with E-state index in [2.05, 4.69) is 18.1 Å². The fourth-order valence-electron chi connectivity index (χ4n) is 2.01. The van der Waals surface area contributed by atoms with Gasteiger partial charge in [0.25, 0.3) is 0 Å². The topological polar surface area (TPSA) is 23.5 Å². The Morgan fingerprint density at radius 1 is 1.39 bits per heavy atom. The van der Waals surface area contributed by atoms with E-state index in [0.29, 0.717) is 18.2 Å². The summed E-state index contributed by atoms with van der Waals surface area (Å²) in [6.45, 7) is 2.59. The zero-order valence-corrected chi connectivity index (χ0v) is 12.1. The quantitative estimate of drug-likeness (QED) is 0.825. The van der Waals surface area contributed by atoms with Gasteiger partial charge in [-0.05, 0) is 25.8 Å². The van der Waals surface area contributed by atoms with Crippen LogP contribution >= 0.6 is 11.8 Å². The Balaban J connectivity index is 2.64. The summed E-state index contributed by atoms with van der Waals surface area (Å²) in [5, 5.41) is 10.1. The maximum absolute atomic E-state index is 13.5. The van der Waals surface area contributed by atoms with Crippen molar-refractivity contribution in [3.63, 3.8) is 0 Å². The van der Waals surface area contributed by atoms with E-state index in [1.54, 1.807) is 30.0 Å². The molecular formula is C14H22FNOS. The molecule has 0 aliphatic heterocycles. The van der Waals surface area contributed by atoms with E-state index in [1.165, 1.54) is 6.07 Å². The molecule has 0 radical (unpaired) electrons. The van der Waals surface area contributed by atoms with Crippen molar-refractivity contribution in [2.45, 2.75) is 25.5 Å². The average molecular weight is 271 g/mol. The molecule has 0 amide bonds. The van der Waals surface area contributed by atoms with E-state index in [9.17, 15) is 9.50 Å². The lowest BCUT2D eigenvalue weighted by Gasteiger charge is -2.28. The van der Waals surface area contributed by atoms with Crippen LogP contribution in [0.5, 0.6) is 0 Å². The highest BCUT2D eigenvalue weighted by Gasteiger charge is 2.18. The van der Waals surface area contributed by atoms with Crippen molar-refractivity contribution in [3.8, 4) is 0 Å². The Morgan fingerprint density at radius 2 is 2.06 bits per heavy atom. The van der Waals surface area contributed by atoms with Crippen LogP contribution < -0.4 is 0 Å². The van der Waals surface area contributed by atoms with Crippen molar-refractivity contribution in [3.05, 3.63) is 35.6 Å². The summed E-state index contributed by atoms with van der Waals surface area (Å²) < 4.78 is 13.5. The summed E-state index contributed by atoms with van der Waals surface area (Å²) in [6, 6.07) is 6.83. The number of benzene rings is 1. The lowest BCUT2D eigenvalue weighted by molar-refractivity contribution is 0.105. The minimum Gasteiger partial charge on any atom is -0.387 e. The summed E-state index contributed by atoms with van der Waals surface area (Å²) >= 11 is 1.79. The van der Waals surface area contributed by atoms with Crippen molar-refractivity contribution in [2.75, 3.05) is 25.6 Å². The third-order valence-corrected chi connectivity index (χ3v) is 3.90. The molecule has 1 aromatic rings. The maximum Gasteiger partial charge on any atom is 0.129 e. The minimum absolute atomic E-state index is 0.337. The van der Waals surface area contributed by atoms with Gasteiger partial charge >= 0.3 is 0 Å². The Bertz CT molecular complexity index is 361. The molecule has 0 saturated heterocycles. The first-order valence-electron chi connectivity index (χ1n) is 6.21. The molecule has 2 atom stereocenters. The van der Waals surface area contributed by atoms with Crippen LogP contribution in [-0.2, 0) is 0 Å². The van der Waals surface area contributed by atoms with Crippen molar-refractivity contribution >= 4 is 11.8 Å². The first-order chi connectivity index (χ1) is 8.60. The fraction of sp³-hybridized carbons (Fsp3) is 0.571. The zero-order chi connectivity index (χ0) is 13.5. The molecule has 1 rings (SSSR count). The Hall–Kier alpha value is -0.580. The third kappa shape index (κ3) is 4.26. The molecule has 1 aromatic carbocycles. The van der Waals surface area contributed by atoms with Gasteiger partial charge < -0.3 is 5.11 Å². The second-order valence-corrected chi connectivity index (χ2v) is 5.40. The van der Waals surface area contributed by atoms with E-state index < -0.39 is 6.10 Å². The molecule has 0 aromatic heterocycles. The van der Waals surface area contributed by atoms with Gasteiger partial charge in [0.1, 0.15) is 5.82 Å². The average Bonchev–Trinajstić information content (AvgIpc) is 2.36. The molecule has 0 bridgehead atoms. The first kappa shape index (κ1) is 15.5. The molecule has 4 heteroatoms.